The summed E-state index contributed by atoms with van der Waals surface area (Å²) >= 11 is 1.42. The molecule has 7 nitrogen and oxygen atoms in total. The number of nitrogens with zero attached hydrogens (tertiary/aromatic N) is 1. The first-order valence-electron chi connectivity index (χ1n) is 9.25. The molecule has 1 aromatic heterocycles. The Hall–Kier alpha value is -1.89. The smallest absolute Gasteiger partial charge is 0.341 e. The Labute approximate surface area is 169 Å². The van der Waals surface area contributed by atoms with Gasteiger partial charge in [-0.3, -0.25) is 9.69 Å². The Morgan fingerprint density at radius 2 is 2.11 bits per heavy atom. The number of aryl methyl sites for hydroxylation is 1. The van der Waals surface area contributed by atoms with E-state index in [-0.39, 0.29) is 36.5 Å². The van der Waals surface area contributed by atoms with Crippen molar-refractivity contribution in [2.45, 2.75) is 38.1 Å². The van der Waals surface area contributed by atoms with Crippen molar-refractivity contribution in [1.82, 2.24) is 4.90 Å². The summed E-state index contributed by atoms with van der Waals surface area (Å²) in [5.41, 5.74) is 1.42. The summed E-state index contributed by atoms with van der Waals surface area (Å²) in [6.45, 7) is 0.173. The van der Waals surface area contributed by atoms with Gasteiger partial charge < -0.3 is 10.1 Å². The van der Waals surface area contributed by atoms with Crippen molar-refractivity contribution < 1.29 is 22.7 Å². The molecule has 2 heterocycles. The summed E-state index contributed by atoms with van der Waals surface area (Å²) < 4.78 is 28.4. The highest BCUT2D eigenvalue weighted by molar-refractivity contribution is 7.91. The van der Waals surface area contributed by atoms with E-state index in [1.165, 1.54) is 18.4 Å². The molecule has 1 atom stereocenters. The fraction of sp³-hybridized carbons (Fsp3) is 0.579. The molecule has 1 N–H and O–H groups in total. The van der Waals surface area contributed by atoms with Gasteiger partial charge in [-0.25, -0.2) is 13.2 Å². The number of rotatable bonds is 6. The number of carbonyl (C=O) groups is 2. The molecule has 0 aromatic carbocycles. The number of amides is 1. The SMILES string of the molecule is C#CCN(CC(=O)Nc1sc2c(c1C(=O)OC)CCCC2)C1CCS(=O)(=O)C1. The summed E-state index contributed by atoms with van der Waals surface area (Å²) in [6, 6.07) is -0.261. The second-order valence-electron chi connectivity index (χ2n) is 7.12. The number of carbonyl (C=O) groups excluding carboxylic acids is 2. The average Bonchev–Trinajstić information content (AvgIpc) is 3.20. The first-order valence-corrected chi connectivity index (χ1v) is 11.9. The quantitative estimate of drug-likeness (QED) is 0.549. The van der Waals surface area contributed by atoms with E-state index in [1.54, 1.807) is 4.90 Å². The van der Waals surface area contributed by atoms with Gasteiger partial charge in [0.05, 0.1) is 37.3 Å². The van der Waals surface area contributed by atoms with Crippen LogP contribution in [0.4, 0.5) is 5.00 Å². The van der Waals surface area contributed by atoms with E-state index < -0.39 is 15.8 Å². The molecule has 1 saturated heterocycles. The summed E-state index contributed by atoms with van der Waals surface area (Å²) in [5, 5.41) is 3.34. The second kappa shape index (κ2) is 8.64. The molecule has 9 heteroatoms. The van der Waals surface area contributed by atoms with Gasteiger partial charge in [0.25, 0.3) is 0 Å². The van der Waals surface area contributed by atoms with E-state index >= 15 is 0 Å². The Balaban J connectivity index is 1.76. The van der Waals surface area contributed by atoms with Crippen LogP contribution in [0, 0.1) is 12.3 Å². The normalized spacial score (nSPS) is 20.4. The van der Waals surface area contributed by atoms with E-state index in [4.69, 9.17) is 11.2 Å². The maximum Gasteiger partial charge on any atom is 0.341 e. The number of methoxy groups -OCH3 is 1. The first kappa shape index (κ1) is 20.8. The molecule has 0 radical (unpaired) electrons. The molecular weight excluding hydrogens is 400 g/mol. The van der Waals surface area contributed by atoms with Crippen molar-refractivity contribution in [2.24, 2.45) is 0 Å². The highest BCUT2D eigenvalue weighted by Gasteiger charge is 2.33. The zero-order chi connectivity index (χ0) is 20.3. The molecule has 1 aromatic rings. The van der Waals surface area contributed by atoms with E-state index in [2.05, 4.69) is 11.2 Å². The van der Waals surface area contributed by atoms with Crippen LogP contribution in [0.3, 0.4) is 0 Å². The van der Waals surface area contributed by atoms with Crippen molar-refractivity contribution in [1.29, 1.82) is 0 Å². The van der Waals surface area contributed by atoms with E-state index in [1.807, 2.05) is 0 Å². The molecule has 28 heavy (non-hydrogen) atoms. The second-order valence-corrected chi connectivity index (χ2v) is 10.5. The molecule has 0 bridgehead atoms. The van der Waals surface area contributed by atoms with Gasteiger partial charge in [-0.15, -0.1) is 17.8 Å². The monoisotopic (exact) mass is 424 g/mol. The van der Waals surface area contributed by atoms with Crippen LogP contribution < -0.4 is 5.32 Å². The molecular formula is C19H24N2O5S2. The minimum absolute atomic E-state index is 0.0165. The van der Waals surface area contributed by atoms with Crippen LogP contribution in [0.15, 0.2) is 0 Å². The minimum atomic E-state index is -3.08. The lowest BCUT2D eigenvalue weighted by Crippen LogP contribution is -2.41. The fourth-order valence-corrected chi connectivity index (χ4v) is 6.87. The number of sulfone groups is 1. The van der Waals surface area contributed by atoms with Crippen LogP contribution in [0.2, 0.25) is 0 Å². The summed E-state index contributed by atoms with van der Waals surface area (Å²) in [6.07, 6.45) is 9.64. The third kappa shape index (κ3) is 4.57. The zero-order valence-electron chi connectivity index (χ0n) is 15.8. The minimum Gasteiger partial charge on any atom is -0.465 e. The van der Waals surface area contributed by atoms with Crippen molar-refractivity contribution in [2.75, 3.05) is 37.0 Å². The van der Waals surface area contributed by atoms with Gasteiger partial charge >= 0.3 is 5.97 Å². The number of nitrogens with one attached hydrogen (secondary N) is 1. The number of thiophene rings is 1. The highest BCUT2D eigenvalue weighted by atomic mass is 32.2. The summed E-state index contributed by atoms with van der Waals surface area (Å²) in [7, 11) is -1.75. The van der Waals surface area contributed by atoms with Gasteiger partial charge in [0, 0.05) is 10.9 Å². The number of terminal acetylenes is 1. The Morgan fingerprint density at radius 1 is 1.36 bits per heavy atom. The van der Waals surface area contributed by atoms with Crippen LogP contribution in [0.25, 0.3) is 0 Å². The zero-order valence-corrected chi connectivity index (χ0v) is 17.5. The lowest BCUT2D eigenvalue weighted by molar-refractivity contribution is -0.117. The third-order valence-electron chi connectivity index (χ3n) is 5.18. The van der Waals surface area contributed by atoms with Gasteiger partial charge in [0.15, 0.2) is 9.84 Å². The molecule has 152 valence electrons. The highest BCUT2D eigenvalue weighted by Crippen LogP contribution is 2.38. The van der Waals surface area contributed by atoms with Crippen LogP contribution in [0.1, 0.15) is 40.1 Å². The number of esters is 1. The summed E-state index contributed by atoms with van der Waals surface area (Å²) in [4.78, 5) is 27.8. The molecule has 1 aliphatic carbocycles. The molecule has 0 saturated carbocycles. The van der Waals surface area contributed by atoms with Crippen LogP contribution in [-0.4, -0.2) is 62.9 Å². The van der Waals surface area contributed by atoms with Crippen LogP contribution in [0.5, 0.6) is 0 Å². The number of hydrogen-bond acceptors (Lipinski definition) is 7. The fourth-order valence-electron chi connectivity index (χ4n) is 3.82. The predicted molar refractivity (Wildman–Crippen MR) is 108 cm³/mol. The average molecular weight is 425 g/mol. The van der Waals surface area contributed by atoms with Gasteiger partial charge in [-0.1, -0.05) is 5.92 Å². The van der Waals surface area contributed by atoms with Crippen molar-refractivity contribution in [3.8, 4) is 12.3 Å². The van der Waals surface area contributed by atoms with E-state index in [0.717, 1.165) is 36.1 Å². The molecule has 3 rings (SSSR count). The third-order valence-corrected chi connectivity index (χ3v) is 8.14. The van der Waals surface area contributed by atoms with Crippen LogP contribution in [-0.2, 0) is 32.2 Å². The maximum atomic E-state index is 12.7. The lowest BCUT2D eigenvalue weighted by atomic mass is 9.95. The van der Waals surface area contributed by atoms with Gasteiger partial charge in [0.2, 0.25) is 5.91 Å². The van der Waals surface area contributed by atoms with Crippen LogP contribution >= 0.6 is 11.3 Å². The van der Waals surface area contributed by atoms with Crippen molar-refractivity contribution in [3.05, 3.63) is 16.0 Å². The first-order chi connectivity index (χ1) is 13.3. The molecule has 1 fully saturated rings. The number of anilines is 1. The lowest BCUT2D eigenvalue weighted by Gasteiger charge is -2.25. The topological polar surface area (TPSA) is 92.8 Å². The largest absolute Gasteiger partial charge is 0.465 e. The standard InChI is InChI=1S/C19H24N2O5S2/c1-3-9-21(13-8-10-28(24,25)12-13)11-16(22)20-18-17(19(23)26-2)14-6-4-5-7-15(14)27-18/h1,13H,4-12H2,2H3,(H,20,22). The number of fused-ring (bicyclic) bond motifs is 1. The van der Waals surface area contributed by atoms with E-state index in [0.29, 0.717) is 17.0 Å². The Kier molecular flexibility index (Phi) is 6.43. The van der Waals surface area contributed by atoms with Crippen molar-refractivity contribution in [3.63, 3.8) is 0 Å². The molecule has 0 spiro atoms. The Bertz CT molecular complexity index is 913. The van der Waals surface area contributed by atoms with Gasteiger partial charge in [-0.05, 0) is 37.7 Å². The Morgan fingerprint density at radius 3 is 2.75 bits per heavy atom. The number of ether oxygens (including phenoxy) is 1. The van der Waals surface area contributed by atoms with Crippen molar-refractivity contribution >= 4 is 38.1 Å². The molecule has 1 aliphatic heterocycles. The number of hydrogen-bond donors (Lipinski definition) is 1. The predicted octanol–water partition coefficient (Wildman–Crippen LogP) is 1.47. The summed E-state index contributed by atoms with van der Waals surface area (Å²) in [5.74, 6) is 1.87. The van der Waals surface area contributed by atoms with Gasteiger partial charge in [-0.2, -0.15) is 0 Å². The van der Waals surface area contributed by atoms with Gasteiger partial charge in [0.1, 0.15) is 5.00 Å². The van der Waals surface area contributed by atoms with E-state index in [9.17, 15) is 18.0 Å². The molecule has 1 unspecified atom stereocenters. The molecule has 2 aliphatic rings. The molecule has 1 amide bonds. The maximum absolute atomic E-state index is 12.7.